The molecule has 68 heavy (non-hydrogen) atoms. The monoisotopic (exact) mass is 922 g/mol. The molecule has 0 saturated heterocycles. The van der Waals surface area contributed by atoms with E-state index in [0.717, 1.165) is 30.9 Å². The highest BCUT2D eigenvalue weighted by Crippen LogP contribution is 2.47. The predicted molar refractivity (Wildman–Crippen MR) is 277 cm³/mol. The average molecular weight is 922 g/mol. The molecule has 358 valence electrons. The lowest BCUT2D eigenvalue weighted by atomic mass is 9.83. The fraction of sp³-hybridized carbons (Fsp3) is 0.365. The Kier molecular flexibility index (Phi) is 16.4. The van der Waals surface area contributed by atoms with Crippen LogP contribution in [0.3, 0.4) is 0 Å². The van der Waals surface area contributed by atoms with Gasteiger partial charge in [0.1, 0.15) is 11.6 Å². The molecule has 1 N–H and O–H groups in total. The van der Waals surface area contributed by atoms with E-state index in [1.807, 2.05) is 93.6 Å². The van der Waals surface area contributed by atoms with Gasteiger partial charge in [-0.05, 0) is 86.0 Å². The van der Waals surface area contributed by atoms with Gasteiger partial charge in [-0.25, -0.2) is 15.0 Å². The minimum absolute atomic E-state index is 0.0723. The maximum atomic E-state index is 12.4. The van der Waals surface area contributed by atoms with Crippen LogP contribution in [0, 0.1) is 11.3 Å². The van der Waals surface area contributed by atoms with Gasteiger partial charge >= 0.3 is 0 Å². The van der Waals surface area contributed by atoms with Crippen molar-refractivity contribution < 1.29 is 14.4 Å². The molecule has 3 aromatic carbocycles. The molecule has 4 aliphatic rings. The van der Waals surface area contributed by atoms with Crippen molar-refractivity contribution in [3.05, 3.63) is 124 Å². The number of rotatable bonds is 8. The number of amides is 3. The summed E-state index contributed by atoms with van der Waals surface area (Å²) < 4.78 is 0. The summed E-state index contributed by atoms with van der Waals surface area (Å²) in [6, 6.07) is 26.3. The number of nitriles is 1. The fourth-order valence-corrected chi connectivity index (χ4v) is 8.23. The van der Waals surface area contributed by atoms with Gasteiger partial charge in [0.05, 0.1) is 16.7 Å². The Bertz CT molecular complexity index is 2640. The second kappa shape index (κ2) is 21.8. The number of anilines is 3. The first-order valence-corrected chi connectivity index (χ1v) is 22.7. The largest absolute Gasteiger partial charge is 0.388 e. The SMILES string of the molecule is CCN(CC)c1ccc(C=C2C(=O)N(C)N=C2N(C)C)cc1.CCN1/C(=C\C=C2C(=O)N(C)N=C2N(C)C)C(C)(C)c2ccccc21.CNc1ccc(C(C#N)=C2C(=O)N(C)N=C2N(C)C)cc1. The second-order valence-corrected chi connectivity index (χ2v) is 17.5. The van der Waals surface area contributed by atoms with Gasteiger partial charge < -0.3 is 29.8 Å². The van der Waals surface area contributed by atoms with Crippen molar-refractivity contribution in [2.45, 2.75) is 40.0 Å². The highest BCUT2D eigenvalue weighted by Gasteiger charge is 2.39. The molecule has 16 nitrogen and oxygen atoms in total. The number of hydrogen-bond donors (Lipinski definition) is 1. The quantitative estimate of drug-likeness (QED) is 0.194. The average Bonchev–Trinajstić information content (AvgIpc) is 3.97. The number of hydrogen-bond acceptors (Lipinski definition) is 13. The van der Waals surface area contributed by atoms with Gasteiger partial charge in [-0.2, -0.15) is 20.6 Å². The van der Waals surface area contributed by atoms with Crippen LogP contribution in [0.25, 0.3) is 11.6 Å². The Morgan fingerprint density at radius 3 is 1.72 bits per heavy atom. The molecule has 3 aromatic rings. The van der Waals surface area contributed by atoms with Crippen molar-refractivity contribution in [3.63, 3.8) is 0 Å². The Balaban J connectivity index is 0.000000192. The van der Waals surface area contributed by atoms with Crippen LogP contribution in [-0.2, 0) is 19.8 Å². The van der Waals surface area contributed by atoms with E-state index < -0.39 is 0 Å². The number of benzene rings is 3. The molecule has 4 aliphatic heterocycles. The van der Waals surface area contributed by atoms with Crippen molar-refractivity contribution in [3.8, 4) is 6.07 Å². The van der Waals surface area contributed by atoms with E-state index in [1.165, 1.54) is 37.7 Å². The Hall–Kier alpha value is -7.67. The molecule has 0 fully saturated rings. The molecule has 0 unspecified atom stereocenters. The van der Waals surface area contributed by atoms with Crippen LogP contribution in [-0.4, -0.2) is 155 Å². The highest BCUT2D eigenvalue weighted by molar-refractivity contribution is 6.29. The van der Waals surface area contributed by atoms with Gasteiger partial charge in [0.2, 0.25) is 0 Å². The summed E-state index contributed by atoms with van der Waals surface area (Å²) in [6.45, 7) is 13.8. The smallest absolute Gasteiger partial charge is 0.278 e. The maximum absolute atomic E-state index is 12.4. The summed E-state index contributed by atoms with van der Waals surface area (Å²) in [5, 5.41) is 29.3. The molecule has 0 aliphatic carbocycles. The van der Waals surface area contributed by atoms with E-state index in [4.69, 9.17) is 0 Å². The lowest BCUT2D eigenvalue weighted by Crippen LogP contribution is -2.26. The molecule has 0 atom stereocenters. The minimum atomic E-state index is -0.270. The van der Waals surface area contributed by atoms with Crippen molar-refractivity contribution >= 4 is 63.9 Å². The van der Waals surface area contributed by atoms with Gasteiger partial charge in [-0.15, -0.1) is 0 Å². The van der Waals surface area contributed by atoms with Gasteiger partial charge in [-0.1, -0.05) is 56.3 Å². The third-order valence-electron chi connectivity index (χ3n) is 11.9. The van der Waals surface area contributed by atoms with E-state index in [9.17, 15) is 19.6 Å². The van der Waals surface area contributed by atoms with Gasteiger partial charge in [0.15, 0.2) is 17.5 Å². The molecule has 3 amide bonds. The van der Waals surface area contributed by atoms with E-state index >= 15 is 0 Å². The number of para-hydroxylation sites is 1. The predicted octanol–water partition coefficient (Wildman–Crippen LogP) is 6.58. The number of likely N-dealkylation sites (N-methyl/N-ethyl adjacent to an activating group) is 7. The molecule has 16 heteroatoms. The maximum Gasteiger partial charge on any atom is 0.278 e. The molecule has 0 aromatic heterocycles. The zero-order valence-corrected chi connectivity index (χ0v) is 42.4. The summed E-state index contributed by atoms with van der Waals surface area (Å²) in [4.78, 5) is 47.0. The third-order valence-corrected chi connectivity index (χ3v) is 11.9. The topological polar surface area (TPSA) is 150 Å². The Labute approximate surface area is 402 Å². The van der Waals surface area contributed by atoms with Crippen molar-refractivity contribution in [1.29, 1.82) is 5.26 Å². The third kappa shape index (κ3) is 10.6. The molecule has 0 radical (unpaired) electrons. The standard InChI is InChI=1S/C20H26N4O.C17H24N4O.C15H17N5O/c1-7-24-16-11-9-8-10-15(16)20(2,3)17(24)13-12-14-18(22(4)5)21-23(6)19(14)25;1-6-21(7-2)14-10-8-13(9-11-14)12-15-16(19(3)4)18-20(5)17(15)22;1-17-11-7-5-10(6-8-11)12(9-16)13-14(19(2)3)18-20(4)15(13)21/h8-13H,7H2,1-6H3;8-12H,6-7H2,1-5H3;5-8,17H,1-4H3/b14-12?,17-13-;;. The van der Waals surface area contributed by atoms with Crippen molar-refractivity contribution in [1.82, 2.24) is 29.7 Å². The fourth-order valence-electron chi connectivity index (χ4n) is 8.23. The van der Waals surface area contributed by atoms with E-state index in [-0.39, 0.29) is 23.1 Å². The minimum Gasteiger partial charge on any atom is -0.388 e. The van der Waals surface area contributed by atoms with Crippen LogP contribution in [0.15, 0.2) is 123 Å². The Morgan fingerprint density at radius 2 is 1.21 bits per heavy atom. The van der Waals surface area contributed by atoms with Crippen LogP contribution in [0.2, 0.25) is 0 Å². The van der Waals surface area contributed by atoms with E-state index in [0.29, 0.717) is 45.4 Å². The summed E-state index contributed by atoms with van der Waals surface area (Å²) in [5.41, 5.74) is 9.42. The second-order valence-electron chi connectivity index (χ2n) is 17.5. The van der Waals surface area contributed by atoms with Gasteiger partial charge in [-0.3, -0.25) is 14.4 Å². The molecule has 0 spiro atoms. The van der Waals surface area contributed by atoms with Gasteiger partial charge in [0.25, 0.3) is 17.7 Å². The lowest BCUT2D eigenvalue weighted by molar-refractivity contribution is -0.125. The van der Waals surface area contributed by atoms with Crippen LogP contribution >= 0.6 is 0 Å². The first kappa shape index (κ1) is 51.3. The van der Waals surface area contributed by atoms with Crippen molar-refractivity contribution in [2.24, 2.45) is 15.3 Å². The summed E-state index contributed by atoms with van der Waals surface area (Å²) in [7, 11) is 18.0. The van der Waals surface area contributed by atoms with Crippen LogP contribution in [0.4, 0.5) is 17.1 Å². The highest BCUT2D eigenvalue weighted by atomic mass is 16.2. The van der Waals surface area contributed by atoms with Crippen LogP contribution in [0.1, 0.15) is 51.3 Å². The zero-order chi connectivity index (χ0) is 50.2. The zero-order valence-electron chi connectivity index (χ0n) is 42.4. The molecule has 0 bridgehead atoms. The number of fused-ring (bicyclic) bond motifs is 1. The molecular formula is C52H67N13O3. The summed E-state index contributed by atoms with van der Waals surface area (Å²) in [5.74, 6) is 1.47. The molecule has 0 saturated carbocycles. The normalized spacial score (nSPS) is 18.4. The molecular weight excluding hydrogens is 855 g/mol. The summed E-state index contributed by atoms with van der Waals surface area (Å²) in [6.07, 6.45) is 5.89. The number of nitrogens with one attached hydrogen (secondary N) is 1. The number of nitrogens with zero attached hydrogens (tertiary/aromatic N) is 12. The first-order valence-electron chi connectivity index (χ1n) is 22.7. The van der Waals surface area contributed by atoms with Crippen molar-refractivity contribution in [2.75, 3.05) is 105 Å². The number of allylic oxidation sites excluding steroid dienone is 4. The number of hydrazone groups is 3. The number of carbonyl (C=O) groups excluding carboxylic acids is 3. The first-order chi connectivity index (χ1) is 32.2. The number of carbonyl (C=O) groups is 3. The van der Waals surface area contributed by atoms with Gasteiger partial charge in [0, 0.05) is 118 Å². The lowest BCUT2D eigenvalue weighted by Gasteiger charge is -2.26. The Morgan fingerprint density at radius 1 is 0.691 bits per heavy atom. The molecule has 7 rings (SSSR count). The van der Waals surface area contributed by atoms with Crippen LogP contribution < -0.4 is 15.1 Å². The number of amidine groups is 3. The molecule has 4 heterocycles. The van der Waals surface area contributed by atoms with E-state index in [2.05, 4.69) is 114 Å². The van der Waals surface area contributed by atoms with E-state index in [1.54, 1.807) is 40.1 Å². The van der Waals surface area contributed by atoms with Crippen LogP contribution in [0.5, 0.6) is 0 Å². The summed E-state index contributed by atoms with van der Waals surface area (Å²) >= 11 is 0.